The Balaban J connectivity index is 1.85. The molecule has 0 aliphatic carbocycles. The van der Waals surface area contributed by atoms with Gasteiger partial charge in [0.2, 0.25) is 5.52 Å². The Morgan fingerprint density at radius 3 is 2.58 bits per heavy atom. The van der Waals surface area contributed by atoms with Gasteiger partial charge >= 0.3 is 5.82 Å². The number of hydrogen-bond acceptors (Lipinski definition) is 5. The van der Waals surface area contributed by atoms with Gasteiger partial charge in [0, 0.05) is 7.05 Å². The molecular weight excluding hydrogens is 375 g/mol. The first-order valence-corrected chi connectivity index (χ1v) is 8.12. The molecule has 126 valence electrons. The Morgan fingerprint density at radius 1 is 1.04 bits per heavy atom. The van der Waals surface area contributed by atoms with E-state index in [1.54, 1.807) is 41.8 Å². The molecule has 0 atom stereocenters. The average Bonchev–Trinajstić information content (AvgIpc) is 3.10. The topological polar surface area (TPSA) is 89.6 Å². The van der Waals surface area contributed by atoms with Crippen molar-refractivity contribution in [3.05, 3.63) is 44.6 Å². The molecule has 4 aromatic rings. The largest absolute Gasteiger partial charge is 0.476 e. The van der Waals surface area contributed by atoms with E-state index in [0.29, 0.717) is 33.4 Å². The summed E-state index contributed by atoms with van der Waals surface area (Å²) in [6.07, 6.45) is 1.77. The highest BCUT2D eigenvalue weighted by Crippen LogP contribution is 2.27. The Labute approximate surface area is 157 Å². The van der Waals surface area contributed by atoms with Gasteiger partial charge in [-0.05, 0) is 12.1 Å². The summed E-state index contributed by atoms with van der Waals surface area (Å²) >= 11 is 12.2. The molecule has 0 unspecified atom stereocenters. The summed E-state index contributed by atoms with van der Waals surface area (Å²) in [5.74, 6) is 0.311. The van der Waals surface area contributed by atoms with Crippen LogP contribution in [-0.2, 0) is 14.1 Å². The number of nitriles is 1. The monoisotopic (exact) mass is 383 g/mol. The summed E-state index contributed by atoms with van der Waals surface area (Å²) in [6, 6.07) is 8.19. The SMILES string of the molecule is Cn1cc2nc(Cl)c(C#[N+]c3nn(C)c4cc(C#N)c(Cl)nc34)cc2n1. The molecule has 26 heavy (non-hydrogen) atoms. The Morgan fingerprint density at radius 2 is 1.81 bits per heavy atom. The lowest BCUT2D eigenvalue weighted by molar-refractivity contribution is 0.779. The summed E-state index contributed by atoms with van der Waals surface area (Å²) in [4.78, 5) is 12.7. The number of halogens is 2. The highest BCUT2D eigenvalue weighted by molar-refractivity contribution is 6.31. The average molecular weight is 384 g/mol. The van der Waals surface area contributed by atoms with Gasteiger partial charge in [0.25, 0.3) is 0 Å². The van der Waals surface area contributed by atoms with Crippen molar-refractivity contribution in [2.75, 3.05) is 0 Å². The van der Waals surface area contributed by atoms with E-state index in [-0.39, 0.29) is 15.9 Å². The number of hydrogen-bond donors (Lipinski definition) is 0. The molecule has 0 aliphatic rings. The van der Waals surface area contributed by atoms with E-state index in [1.165, 1.54) is 0 Å². The van der Waals surface area contributed by atoms with Crippen LogP contribution in [0.15, 0.2) is 18.3 Å². The third kappa shape index (κ3) is 2.62. The number of pyridine rings is 2. The Hall–Kier alpha value is -3.20. The van der Waals surface area contributed by atoms with Gasteiger partial charge in [-0.25, -0.2) is 9.97 Å². The van der Waals surface area contributed by atoms with Gasteiger partial charge in [0.1, 0.15) is 38.5 Å². The fourth-order valence-electron chi connectivity index (χ4n) is 2.52. The lowest BCUT2D eigenvalue weighted by Crippen LogP contribution is -1.90. The zero-order valence-electron chi connectivity index (χ0n) is 13.6. The number of rotatable bonds is 0. The molecule has 8 nitrogen and oxygen atoms in total. The molecule has 4 heterocycles. The second-order valence-electron chi connectivity index (χ2n) is 5.51. The summed E-state index contributed by atoms with van der Waals surface area (Å²) < 4.78 is 3.22. The third-order valence-electron chi connectivity index (χ3n) is 3.72. The molecule has 0 radical (unpaired) electrons. The van der Waals surface area contributed by atoms with Gasteiger partial charge in [-0.1, -0.05) is 23.2 Å². The van der Waals surface area contributed by atoms with Crippen LogP contribution < -0.4 is 0 Å². The van der Waals surface area contributed by atoms with Crippen molar-refractivity contribution in [3.8, 4) is 12.1 Å². The predicted octanol–water partition coefficient (Wildman–Crippen LogP) is 3.44. The maximum Gasteiger partial charge on any atom is 0.476 e. The normalized spacial score (nSPS) is 10.7. The second kappa shape index (κ2) is 5.95. The van der Waals surface area contributed by atoms with Crippen LogP contribution in [-0.4, -0.2) is 29.5 Å². The van der Waals surface area contributed by atoms with Crippen molar-refractivity contribution in [1.82, 2.24) is 29.5 Å². The Kier molecular flexibility index (Phi) is 3.73. The van der Waals surface area contributed by atoms with E-state index >= 15 is 0 Å². The fourth-order valence-corrected chi connectivity index (χ4v) is 2.89. The molecule has 0 aromatic carbocycles. The molecule has 0 bridgehead atoms. The molecule has 0 aliphatic heterocycles. The van der Waals surface area contributed by atoms with Gasteiger partial charge < -0.3 is 0 Å². The third-order valence-corrected chi connectivity index (χ3v) is 4.30. The van der Waals surface area contributed by atoms with Gasteiger partial charge in [0.05, 0.1) is 23.9 Å². The zero-order valence-corrected chi connectivity index (χ0v) is 15.1. The van der Waals surface area contributed by atoms with Crippen LogP contribution in [0.1, 0.15) is 11.1 Å². The highest BCUT2D eigenvalue weighted by atomic mass is 35.5. The minimum atomic E-state index is 0.0963. The second-order valence-corrected chi connectivity index (χ2v) is 6.23. The molecule has 4 aromatic heterocycles. The first kappa shape index (κ1) is 16.3. The van der Waals surface area contributed by atoms with E-state index in [9.17, 15) is 0 Å². The van der Waals surface area contributed by atoms with Crippen LogP contribution in [0, 0.1) is 17.4 Å². The van der Waals surface area contributed by atoms with Gasteiger partial charge in [0.15, 0.2) is 6.07 Å². The first-order chi connectivity index (χ1) is 12.5. The van der Waals surface area contributed by atoms with Crippen molar-refractivity contribution in [3.63, 3.8) is 0 Å². The molecule has 0 amide bonds. The van der Waals surface area contributed by atoms with Crippen molar-refractivity contribution in [2.24, 2.45) is 14.1 Å². The fraction of sp³-hybridized carbons (Fsp3) is 0.125. The van der Waals surface area contributed by atoms with Crippen molar-refractivity contribution < 1.29 is 0 Å². The Bertz CT molecular complexity index is 1300. The summed E-state index contributed by atoms with van der Waals surface area (Å²) in [7, 11) is 3.53. The van der Waals surface area contributed by atoms with E-state index in [1.807, 2.05) is 6.07 Å². The van der Waals surface area contributed by atoms with Crippen molar-refractivity contribution >= 4 is 51.1 Å². The van der Waals surface area contributed by atoms with Crippen LogP contribution in [0.4, 0.5) is 5.82 Å². The standard InChI is InChI=1S/C16H9Cl2N8/c1-25-7-11-10(23-25)3-9(15(18)21-11)6-20-16-13-12(26(2)24-16)4-8(5-19)14(17)22-13/h3-4,7H,1-2H3/q+1. The van der Waals surface area contributed by atoms with E-state index in [2.05, 4.69) is 31.1 Å². The quantitative estimate of drug-likeness (QED) is 0.433. The van der Waals surface area contributed by atoms with E-state index < -0.39 is 0 Å². The number of nitrogens with zero attached hydrogens (tertiary/aromatic N) is 8. The van der Waals surface area contributed by atoms with Gasteiger partial charge in [-0.15, -0.1) is 4.85 Å². The number of fused-ring (bicyclic) bond motifs is 2. The lowest BCUT2D eigenvalue weighted by Gasteiger charge is -1.93. The molecule has 10 heteroatoms. The number of aromatic nitrogens is 6. The molecule has 0 spiro atoms. The summed E-state index contributed by atoms with van der Waals surface area (Å²) in [5, 5.41) is 18.0. The number of aryl methyl sites for hydroxylation is 2. The summed E-state index contributed by atoms with van der Waals surface area (Å²) in [6.45, 7) is 0. The van der Waals surface area contributed by atoms with Crippen LogP contribution in [0.3, 0.4) is 0 Å². The van der Waals surface area contributed by atoms with Gasteiger partial charge in [-0.3, -0.25) is 4.68 Å². The van der Waals surface area contributed by atoms with Crippen molar-refractivity contribution in [1.29, 1.82) is 5.26 Å². The lowest BCUT2D eigenvalue weighted by atomic mass is 10.2. The minimum Gasteiger partial charge on any atom is -0.273 e. The van der Waals surface area contributed by atoms with E-state index in [0.717, 1.165) is 0 Å². The molecule has 0 saturated carbocycles. The zero-order chi connectivity index (χ0) is 18.4. The van der Waals surface area contributed by atoms with Crippen LogP contribution in [0.25, 0.3) is 26.9 Å². The highest BCUT2D eigenvalue weighted by Gasteiger charge is 2.22. The minimum absolute atomic E-state index is 0.0963. The molecular formula is C16H9Cl2N8+. The molecule has 0 saturated heterocycles. The first-order valence-electron chi connectivity index (χ1n) is 7.36. The molecule has 0 N–H and O–H groups in total. The molecule has 4 rings (SSSR count). The van der Waals surface area contributed by atoms with Crippen molar-refractivity contribution in [2.45, 2.75) is 0 Å². The van der Waals surface area contributed by atoms with Crippen LogP contribution in [0.2, 0.25) is 10.3 Å². The summed E-state index contributed by atoms with van der Waals surface area (Å²) in [5.41, 5.74) is 3.22. The van der Waals surface area contributed by atoms with Crippen LogP contribution >= 0.6 is 23.2 Å². The van der Waals surface area contributed by atoms with E-state index in [4.69, 9.17) is 28.5 Å². The van der Waals surface area contributed by atoms with Crippen LogP contribution in [0.5, 0.6) is 0 Å². The maximum absolute atomic E-state index is 9.08. The predicted molar refractivity (Wildman–Crippen MR) is 97.8 cm³/mol. The van der Waals surface area contributed by atoms with Gasteiger partial charge in [-0.2, -0.15) is 15.0 Å². The maximum atomic E-state index is 9.08. The smallest absolute Gasteiger partial charge is 0.273 e. The molecule has 0 fully saturated rings.